The van der Waals surface area contributed by atoms with Crippen molar-refractivity contribution in [1.82, 2.24) is 4.90 Å². The molecule has 0 aliphatic carbocycles. The molecule has 1 aromatic carbocycles. The molecule has 0 spiro atoms. The third kappa shape index (κ3) is 2.37. The summed E-state index contributed by atoms with van der Waals surface area (Å²) in [6.07, 6.45) is 1.30. The van der Waals surface area contributed by atoms with E-state index in [1.54, 1.807) is 0 Å². The molecule has 18 heavy (non-hydrogen) atoms. The zero-order chi connectivity index (χ0) is 13.3. The Balaban J connectivity index is 2.28. The minimum absolute atomic E-state index is 0.174. The Hall–Kier alpha value is -1.84. The van der Waals surface area contributed by atoms with Crippen LogP contribution in [0.2, 0.25) is 0 Å². The molecule has 1 aromatic rings. The summed E-state index contributed by atoms with van der Waals surface area (Å²) >= 11 is 0. The van der Waals surface area contributed by atoms with Gasteiger partial charge in [0.15, 0.2) is 0 Å². The molecular weight excluding hydrogens is 230 g/mol. The number of likely N-dealkylation sites (tertiary alicyclic amines) is 1. The maximum Gasteiger partial charge on any atom is 0.326 e. The molecular formula is C14H17NO3. The van der Waals surface area contributed by atoms with Crippen LogP contribution in [-0.2, 0) is 4.79 Å². The van der Waals surface area contributed by atoms with Crippen LogP contribution in [0, 0.1) is 13.8 Å². The van der Waals surface area contributed by atoms with Gasteiger partial charge in [-0.15, -0.1) is 0 Å². The topological polar surface area (TPSA) is 57.6 Å². The van der Waals surface area contributed by atoms with Crippen LogP contribution in [0.15, 0.2) is 18.2 Å². The molecule has 1 unspecified atom stereocenters. The molecule has 96 valence electrons. The van der Waals surface area contributed by atoms with Crippen LogP contribution in [0.25, 0.3) is 0 Å². The minimum atomic E-state index is -0.912. The van der Waals surface area contributed by atoms with E-state index in [2.05, 4.69) is 0 Å². The number of amides is 1. The van der Waals surface area contributed by atoms with Gasteiger partial charge in [0.05, 0.1) is 0 Å². The highest BCUT2D eigenvalue weighted by Crippen LogP contribution is 2.21. The number of rotatable bonds is 2. The predicted octanol–water partition coefficient (Wildman–Crippen LogP) is 1.99. The van der Waals surface area contributed by atoms with Crippen molar-refractivity contribution >= 4 is 11.9 Å². The Kier molecular flexibility index (Phi) is 3.36. The Morgan fingerprint density at radius 2 is 1.83 bits per heavy atom. The number of nitrogens with zero attached hydrogens (tertiary/aromatic N) is 1. The van der Waals surface area contributed by atoms with Gasteiger partial charge in [-0.3, -0.25) is 4.79 Å². The Bertz CT molecular complexity index is 476. The lowest BCUT2D eigenvalue weighted by Crippen LogP contribution is -2.40. The van der Waals surface area contributed by atoms with Gasteiger partial charge >= 0.3 is 5.97 Å². The number of benzene rings is 1. The average molecular weight is 247 g/mol. The van der Waals surface area contributed by atoms with Crippen molar-refractivity contribution in [3.8, 4) is 0 Å². The molecule has 1 saturated heterocycles. The van der Waals surface area contributed by atoms with Crippen LogP contribution in [0.3, 0.4) is 0 Å². The van der Waals surface area contributed by atoms with Gasteiger partial charge in [0.2, 0.25) is 0 Å². The van der Waals surface area contributed by atoms with Crippen molar-refractivity contribution in [2.24, 2.45) is 0 Å². The van der Waals surface area contributed by atoms with Crippen LogP contribution in [0.1, 0.15) is 34.3 Å². The fourth-order valence-corrected chi connectivity index (χ4v) is 2.53. The molecule has 1 heterocycles. The Morgan fingerprint density at radius 3 is 2.39 bits per heavy atom. The van der Waals surface area contributed by atoms with E-state index in [1.807, 2.05) is 32.0 Å². The molecule has 0 saturated carbocycles. The van der Waals surface area contributed by atoms with E-state index < -0.39 is 12.0 Å². The fourth-order valence-electron chi connectivity index (χ4n) is 2.53. The quantitative estimate of drug-likeness (QED) is 0.869. The molecule has 1 aliphatic heterocycles. The monoisotopic (exact) mass is 247 g/mol. The van der Waals surface area contributed by atoms with Gasteiger partial charge in [0.25, 0.3) is 5.91 Å². The first-order chi connectivity index (χ1) is 8.49. The maximum atomic E-state index is 12.3. The van der Waals surface area contributed by atoms with Gasteiger partial charge in [-0.25, -0.2) is 4.79 Å². The maximum absolute atomic E-state index is 12.3. The number of carbonyl (C=O) groups excluding carboxylic acids is 1. The van der Waals surface area contributed by atoms with Crippen LogP contribution in [0.5, 0.6) is 0 Å². The highest BCUT2D eigenvalue weighted by atomic mass is 16.4. The van der Waals surface area contributed by atoms with Gasteiger partial charge in [0, 0.05) is 12.1 Å². The molecule has 1 atom stereocenters. The molecule has 0 aromatic heterocycles. The van der Waals surface area contributed by atoms with Crippen molar-refractivity contribution < 1.29 is 14.7 Å². The second-order valence-corrected chi connectivity index (χ2v) is 4.87. The Labute approximate surface area is 106 Å². The van der Waals surface area contributed by atoms with E-state index in [1.165, 1.54) is 4.90 Å². The summed E-state index contributed by atoms with van der Waals surface area (Å²) in [6, 6.07) is 4.95. The number of aliphatic carboxylic acids is 1. The van der Waals surface area contributed by atoms with E-state index in [-0.39, 0.29) is 5.91 Å². The van der Waals surface area contributed by atoms with Crippen LogP contribution in [0.4, 0.5) is 0 Å². The van der Waals surface area contributed by atoms with E-state index in [0.29, 0.717) is 18.5 Å². The average Bonchev–Trinajstić information content (AvgIpc) is 2.75. The van der Waals surface area contributed by atoms with Crippen LogP contribution >= 0.6 is 0 Å². The smallest absolute Gasteiger partial charge is 0.326 e. The largest absolute Gasteiger partial charge is 0.480 e. The van der Waals surface area contributed by atoms with E-state index in [4.69, 9.17) is 5.11 Å². The summed E-state index contributed by atoms with van der Waals surface area (Å²) in [5, 5.41) is 9.09. The summed E-state index contributed by atoms with van der Waals surface area (Å²) in [4.78, 5) is 24.9. The zero-order valence-electron chi connectivity index (χ0n) is 10.6. The van der Waals surface area contributed by atoms with Crippen molar-refractivity contribution in [2.75, 3.05) is 6.54 Å². The lowest BCUT2D eigenvalue weighted by Gasteiger charge is -2.21. The van der Waals surface area contributed by atoms with Gasteiger partial charge in [-0.2, -0.15) is 0 Å². The molecule has 1 aliphatic rings. The third-order valence-corrected chi connectivity index (χ3v) is 3.27. The summed E-state index contributed by atoms with van der Waals surface area (Å²) in [5.74, 6) is -1.09. The number of carboxylic acids is 1. The third-order valence-electron chi connectivity index (χ3n) is 3.27. The summed E-state index contributed by atoms with van der Waals surface area (Å²) in [5.41, 5.74) is 2.62. The van der Waals surface area contributed by atoms with E-state index >= 15 is 0 Å². The second kappa shape index (κ2) is 4.80. The SMILES string of the molecule is Cc1cc(C)cc(C(=O)N2CCCC2C(=O)O)c1. The van der Waals surface area contributed by atoms with E-state index in [9.17, 15) is 9.59 Å². The van der Waals surface area contributed by atoms with Crippen molar-refractivity contribution in [3.05, 3.63) is 34.9 Å². The lowest BCUT2D eigenvalue weighted by molar-refractivity contribution is -0.141. The first-order valence-electron chi connectivity index (χ1n) is 6.11. The first kappa shape index (κ1) is 12.6. The highest BCUT2D eigenvalue weighted by molar-refractivity contribution is 5.97. The van der Waals surface area contributed by atoms with Crippen LogP contribution < -0.4 is 0 Å². The van der Waals surface area contributed by atoms with Crippen molar-refractivity contribution in [2.45, 2.75) is 32.7 Å². The van der Waals surface area contributed by atoms with Crippen molar-refractivity contribution in [1.29, 1.82) is 0 Å². The molecule has 1 amide bonds. The number of carboxylic acid groups (broad SMARTS) is 1. The standard InChI is InChI=1S/C14H17NO3/c1-9-6-10(2)8-11(7-9)13(16)15-5-3-4-12(15)14(17)18/h6-8,12H,3-5H2,1-2H3,(H,17,18). The molecule has 1 N–H and O–H groups in total. The van der Waals surface area contributed by atoms with E-state index in [0.717, 1.165) is 17.5 Å². The summed E-state index contributed by atoms with van der Waals surface area (Å²) in [7, 11) is 0. The normalized spacial score (nSPS) is 19.0. The number of carbonyl (C=O) groups is 2. The highest BCUT2D eigenvalue weighted by Gasteiger charge is 2.34. The molecule has 2 rings (SSSR count). The molecule has 0 radical (unpaired) electrons. The van der Waals surface area contributed by atoms with Gasteiger partial charge in [-0.1, -0.05) is 17.2 Å². The Morgan fingerprint density at radius 1 is 1.22 bits per heavy atom. The summed E-state index contributed by atoms with van der Waals surface area (Å²) < 4.78 is 0. The fraction of sp³-hybridized carbons (Fsp3) is 0.429. The van der Waals surface area contributed by atoms with Gasteiger partial charge < -0.3 is 10.0 Å². The van der Waals surface area contributed by atoms with Crippen molar-refractivity contribution in [3.63, 3.8) is 0 Å². The zero-order valence-corrected chi connectivity index (χ0v) is 10.6. The molecule has 1 fully saturated rings. The molecule has 4 nitrogen and oxygen atoms in total. The minimum Gasteiger partial charge on any atom is -0.480 e. The molecule has 4 heteroatoms. The van der Waals surface area contributed by atoms with Crippen LogP contribution in [-0.4, -0.2) is 34.5 Å². The second-order valence-electron chi connectivity index (χ2n) is 4.87. The lowest BCUT2D eigenvalue weighted by atomic mass is 10.1. The number of aryl methyl sites for hydroxylation is 2. The first-order valence-corrected chi connectivity index (χ1v) is 6.11. The van der Waals surface area contributed by atoms with Gasteiger partial charge in [0.1, 0.15) is 6.04 Å². The predicted molar refractivity (Wildman–Crippen MR) is 67.6 cm³/mol. The molecule has 0 bridgehead atoms. The van der Waals surface area contributed by atoms with Gasteiger partial charge in [-0.05, 0) is 38.8 Å². The number of hydrogen-bond acceptors (Lipinski definition) is 2. The number of hydrogen-bond donors (Lipinski definition) is 1. The summed E-state index contributed by atoms with van der Waals surface area (Å²) in [6.45, 7) is 4.40.